The van der Waals surface area contributed by atoms with Crippen molar-refractivity contribution in [2.75, 3.05) is 11.5 Å². The molecule has 16 heavy (non-hydrogen) atoms. The summed E-state index contributed by atoms with van der Waals surface area (Å²) in [6, 6.07) is 0. The molecule has 0 aromatic carbocycles. The molecule has 2 N–H and O–H groups in total. The van der Waals surface area contributed by atoms with E-state index < -0.39 is 18.3 Å². The number of hydrogen-bond acceptors (Lipinski definition) is 6. The number of hydrogen-bond donors (Lipinski definition) is 2. The highest BCUT2D eigenvalue weighted by Gasteiger charge is 2.05. The summed E-state index contributed by atoms with van der Waals surface area (Å²) in [6.45, 7) is 0. The van der Waals surface area contributed by atoms with Gasteiger partial charge in [0.05, 0.1) is 0 Å². The van der Waals surface area contributed by atoms with Crippen LogP contribution in [0.2, 0.25) is 0 Å². The molecule has 0 aliphatic rings. The molecule has 0 atom stereocenters. The lowest BCUT2D eigenvalue weighted by Gasteiger charge is -1.99. The van der Waals surface area contributed by atoms with Gasteiger partial charge in [-0.2, -0.15) is 16.8 Å². The fourth-order valence-corrected chi connectivity index (χ4v) is 3.92. The topological polar surface area (TPSA) is 109 Å². The van der Waals surface area contributed by atoms with Gasteiger partial charge in [-0.25, -0.2) is 0 Å². The van der Waals surface area contributed by atoms with Crippen LogP contribution in [-0.4, -0.2) is 37.4 Å². The Morgan fingerprint density at radius 3 is 1.25 bits per heavy atom. The molecule has 0 fully saturated rings. The normalized spacial score (nSPS) is 12.9. The van der Waals surface area contributed by atoms with Crippen LogP contribution in [0.1, 0.15) is 25.7 Å². The van der Waals surface area contributed by atoms with Crippen molar-refractivity contribution >= 4 is 39.9 Å². The average molecular weight is 310 g/mol. The average Bonchev–Trinajstić information content (AvgIpc) is 2.06. The Hall–Kier alpha value is 0.520. The predicted molar refractivity (Wildman–Crippen MR) is 66.5 cm³/mol. The van der Waals surface area contributed by atoms with E-state index >= 15 is 0 Å². The molecule has 0 aliphatic carbocycles. The van der Waals surface area contributed by atoms with Crippen LogP contribution >= 0.6 is 21.6 Å². The van der Waals surface area contributed by atoms with Crippen molar-refractivity contribution in [2.45, 2.75) is 25.7 Å². The van der Waals surface area contributed by atoms with Crippen LogP contribution in [-0.2, 0) is 18.3 Å². The van der Waals surface area contributed by atoms with E-state index in [2.05, 4.69) is 0 Å². The maximum atomic E-state index is 10.3. The smallest absolute Gasteiger partial charge is 0.277 e. The summed E-state index contributed by atoms with van der Waals surface area (Å²) in [5.41, 5.74) is 0. The van der Waals surface area contributed by atoms with E-state index in [0.717, 1.165) is 12.8 Å². The second-order valence-electron chi connectivity index (χ2n) is 2.91. The van der Waals surface area contributed by atoms with E-state index in [1.54, 1.807) is 0 Å². The van der Waals surface area contributed by atoms with Crippen molar-refractivity contribution in [3.05, 3.63) is 0 Å². The second kappa shape index (κ2) is 7.77. The summed E-state index contributed by atoms with van der Waals surface area (Å²) < 4.78 is 58.0. The van der Waals surface area contributed by atoms with E-state index in [9.17, 15) is 16.8 Å². The van der Waals surface area contributed by atoms with Gasteiger partial charge < -0.3 is 0 Å². The third-order valence-electron chi connectivity index (χ3n) is 1.50. The van der Waals surface area contributed by atoms with Crippen molar-refractivity contribution in [1.29, 1.82) is 0 Å². The lowest BCUT2D eigenvalue weighted by molar-refractivity contribution is 0.500. The molecular formula is C6H14O6S4. The molecule has 0 saturated heterocycles. The van der Waals surface area contributed by atoms with Crippen LogP contribution in [0.25, 0.3) is 0 Å². The first-order valence-electron chi connectivity index (χ1n) is 4.44. The van der Waals surface area contributed by atoms with Gasteiger partial charge in [-0.05, 0) is 34.4 Å². The van der Waals surface area contributed by atoms with Crippen molar-refractivity contribution in [3.63, 3.8) is 0 Å². The minimum Gasteiger partial charge on any atom is -0.277 e. The highest BCUT2D eigenvalue weighted by Crippen LogP contribution is 2.15. The fourth-order valence-electron chi connectivity index (χ4n) is 0.886. The van der Waals surface area contributed by atoms with E-state index in [-0.39, 0.29) is 0 Å². The Morgan fingerprint density at radius 2 is 1.00 bits per heavy atom. The van der Waals surface area contributed by atoms with Crippen molar-refractivity contribution in [1.82, 2.24) is 0 Å². The molecule has 0 aromatic rings. The molecule has 0 unspecified atom stereocenters. The lowest BCUT2D eigenvalue weighted by atomic mass is 10.2. The Morgan fingerprint density at radius 1 is 0.688 bits per heavy atom. The third kappa shape index (κ3) is 14.5. The van der Waals surface area contributed by atoms with Crippen LogP contribution in [0.3, 0.4) is 0 Å². The van der Waals surface area contributed by atoms with Crippen molar-refractivity contribution < 1.29 is 25.9 Å². The first kappa shape index (κ1) is 16.5. The summed E-state index contributed by atoms with van der Waals surface area (Å²) in [6.07, 6.45) is 2.80. The summed E-state index contributed by atoms with van der Waals surface area (Å²) in [5.74, 6) is 0.647. The monoisotopic (exact) mass is 310 g/mol. The zero-order valence-corrected chi connectivity index (χ0v) is 11.7. The molecule has 0 amide bonds. The van der Waals surface area contributed by atoms with Crippen LogP contribution in [0.4, 0.5) is 0 Å². The molecule has 6 nitrogen and oxygen atoms in total. The first-order valence-corrected chi connectivity index (χ1v) is 10.3. The Kier molecular flexibility index (Phi) is 8.02. The van der Waals surface area contributed by atoms with Crippen molar-refractivity contribution in [3.8, 4) is 0 Å². The van der Waals surface area contributed by atoms with Gasteiger partial charge in [0.15, 0.2) is 0 Å². The standard InChI is InChI=1S/C6H14O6S4/c7-15(8,9)13-5-3-1-2-4-6-14-16(10,11)12/h1-6H2,(H,7,8,9)(H,10,11,12). The zero-order valence-electron chi connectivity index (χ0n) is 8.40. The molecule has 98 valence electrons. The predicted octanol–water partition coefficient (Wildman–Crippen LogP) is 1.62. The maximum Gasteiger partial charge on any atom is 0.319 e. The fraction of sp³-hybridized carbons (Fsp3) is 1.00. The molecular weight excluding hydrogens is 296 g/mol. The molecule has 0 spiro atoms. The van der Waals surface area contributed by atoms with E-state index in [0.29, 0.717) is 45.9 Å². The van der Waals surface area contributed by atoms with Crippen LogP contribution in [0.15, 0.2) is 0 Å². The van der Waals surface area contributed by atoms with Crippen LogP contribution in [0, 0.1) is 0 Å². The molecule has 0 saturated carbocycles. The third-order valence-corrected chi connectivity index (χ3v) is 5.80. The van der Waals surface area contributed by atoms with Crippen LogP contribution < -0.4 is 0 Å². The minimum atomic E-state index is -3.94. The van der Waals surface area contributed by atoms with Gasteiger partial charge in [0.25, 0.3) is 0 Å². The van der Waals surface area contributed by atoms with Crippen LogP contribution in [0.5, 0.6) is 0 Å². The quantitative estimate of drug-likeness (QED) is 0.375. The molecule has 0 rings (SSSR count). The molecule has 0 radical (unpaired) electrons. The molecule has 0 aromatic heterocycles. The SMILES string of the molecule is O=S(=O)(O)SCCCCCCSS(=O)(=O)O. The molecule has 0 heterocycles. The van der Waals surface area contributed by atoms with E-state index in [1.807, 2.05) is 0 Å². The Balaban J connectivity index is 3.29. The summed E-state index contributed by atoms with van der Waals surface area (Å²) in [4.78, 5) is 0. The highest BCUT2D eigenvalue weighted by atomic mass is 33.2. The largest absolute Gasteiger partial charge is 0.319 e. The van der Waals surface area contributed by atoms with Gasteiger partial charge in [0, 0.05) is 11.5 Å². The summed E-state index contributed by atoms with van der Waals surface area (Å²) in [7, 11) is -6.90. The van der Waals surface area contributed by atoms with E-state index in [1.165, 1.54) is 0 Å². The Bertz CT molecular complexity index is 334. The molecule has 0 bridgehead atoms. The number of unbranched alkanes of at least 4 members (excludes halogenated alkanes) is 3. The molecule has 10 heteroatoms. The van der Waals surface area contributed by atoms with E-state index in [4.69, 9.17) is 9.11 Å². The van der Waals surface area contributed by atoms with Gasteiger partial charge in [0.1, 0.15) is 0 Å². The summed E-state index contributed by atoms with van der Waals surface area (Å²) in [5, 5.41) is 0. The van der Waals surface area contributed by atoms with Gasteiger partial charge >= 0.3 is 18.3 Å². The van der Waals surface area contributed by atoms with Gasteiger partial charge in [-0.1, -0.05) is 12.8 Å². The second-order valence-corrected chi connectivity index (χ2v) is 9.85. The highest BCUT2D eigenvalue weighted by molar-refractivity contribution is 8.70. The maximum absolute atomic E-state index is 10.3. The first-order chi connectivity index (χ1) is 7.21. The molecule has 0 aliphatic heterocycles. The number of rotatable bonds is 9. The zero-order chi connectivity index (χ0) is 12.7. The van der Waals surface area contributed by atoms with Gasteiger partial charge in [-0.3, -0.25) is 9.11 Å². The van der Waals surface area contributed by atoms with Crippen molar-refractivity contribution in [2.24, 2.45) is 0 Å². The Labute approximate surface area is 103 Å². The lowest BCUT2D eigenvalue weighted by Crippen LogP contribution is -1.93. The van der Waals surface area contributed by atoms with Gasteiger partial charge in [0.2, 0.25) is 0 Å². The summed E-state index contributed by atoms with van der Waals surface area (Å²) >= 11 is 0. The minimum absolute atomic E-state index is 0.324. The van der Waals surface area contributed by atoms with Gasteiger partial charge in [-0.15, -0.1) is 0 Å².